The lowest BCUT2D eigenvalue weighted by Crippen LogP contribution is -2.22. The summed E-state index contributed by atoms with van der Waals surface area (Å²) in [7, 11) is 1.21. The van der Waals surface area contributed by atoms with Crippen molar-refractivity contribution < 1.29 is 24.9 Å². The molecule has 2 unspecified atom stereocenters. The lowest BCUT2D eigenvalue weighted by Gasteiger charge is -2.16. The molecule has 0 radical (unpaired) electrons. The molecule has 0 aliphatic rings. The molecule has 0 amide bonds. The van der Waals surface area contributed by atoms with Crippen molar-refractivity contribution in [3.8, 4) is 11.8 Å². The van der Waals surface area contributed by atoms with Crippen molar-refractivity contribution in [1.82, 2.24) is 4.57 Å². The minimum absolute atomic E-state index is 0.0177. The summed E-state index contributed by atoms with van der Waals surface area (Å²) in [6.45, 7) is -0.574. The van der Waals surface area contributed by atoms with Crippen LogP contribution in [0, 0.1) is 11.3 Å². The van der Waals surface area contributed by atoms with Crippen molar-refractivity contribution in [2.24, 2.45) is 0 Å². The summed E-state index contributed by atoms with van der Waals surface area (Å²) in [5, 5.41) is 37.3. The topological polar surface area (TPSA) is 142 Å². The Morgan fingerprint density at radius 2 is 2.00 bits per heavy atom. The van der Waals surface area contributed by atoms with E-state index in [2.05, 4.69) is 0 Å². The molecule has 0 saturated carbocycles. The highest BCUT2D eigenvalue weighted by atomic mass is 16.5. The van der Waals surface area contributed by atoms with E-state index in [4.69, 9.17) is 20.8 Å². The van der Waals surface area contributed by atoms with E-state index >= 15 is 0 Å². The molecule has 2 rings (SSSR count). The number of nitrogens with zero attached hydrogens (tertiary/aromatic N) is 2. The number of nitriles is 1. The number of nitrogen functional groups attached to an aromatic ring is 1. The monoisotopic (exact) mass is 331 g/mol. The van der Waals surface area contributed by atoms with Crippen molar-refractivity contribution in [1.29, 1.82) is 5.26 Å². The van der Waals surface area contributed by atoms with Gasteiger partial charge in [-0.1, -0.05) is 12.1 Å². The van der Waals surface area contributed by atoms with Crippen LogP contribution in [-0.4, -0.2) is 45.7 Å². The van der Waals surface area contributed by atoms with Crippen LogP contribution in [0.2, 0.25) is 0 Å². The average Bonchev–Trinajstić information content (AvgIpc) is 2.96. The standard InChI is InChI=1S/C16H17N3O5/c1-24-16(23)14-13(18)10(6-17)7-19(14)11-4-2-9(3-5-11)15(22)12(21)8-20/h2-5,7,12,15,20-22H,8,18H2,1H3. The average molecular weight is 331 g/mol. The Labute approximate surface area is 137 Å². The van der Waals surface area contributed by atoms with E-state index in [0.29, 0.717) is 11.3 Å². The number of ether oxygens (including phenoxy) is 1. The zero-order valence-corrected chi connectivity index (χ0v) is 12.9. The van der Waals surface area contributed by atoms with Gasteiger partial charge in [0, 0.05) is 11.9 Å². The number of aromatic nitrogens is 1. The lowest BCUT2D eigenvalue weighted by atomic mass is 10.0. The highest BCUT2D eigenvalue weighted by Crippen LogP contribution is 2.26. The molecule has 0 bridgehead atoms. The minimum Gasteiger partial charge on any atom is -0.464 e. The van der Waals surface area contributed by atoms with Crippen molar-refractivity contribution in [3.63, 3.8) is 0 Å². The Hall–Kier alpha value is -2.86. The smallest absolute Gasteiger partial charge is 0.357 e. The second-order valence-corrected chi connectivity index (χ2v) is 5.06. The van der Waals surface area contributed by atoms with Crippen LogP contribution in [0.4, 0.5) is 5.69 Å². The molecule has 126 valence electrons. The highest BCUT2D eigenvalue weighted by Gasteiger charge is 2.22. The number of hydrogen-bond acceptors (Lipinski definition) is 7. The number of hydrogen-bond donors (Lipinski definition) is 4. The number of nitrogens with two attached hydrogens (primary N) is 1. The van der Waals surface area contributed by atoms with Gasteiger partial charge < -0.3 is 30.4 Å². The van der Waals surface area contributed by atoms with Crippen molar-refractivity contribution in [3.05, 3.63) is 47.3 Å². The Morgan fingerprint density at radius 1 is 1.38 bits per heavy atom. The van der Waals surface area contributed by atoms with Crippen LogP contribution in [0.25, 0.3) is 5.69 Å². The third-order valence-electron chi connectivity index (χ3n) is 3.61. The molecule has 1 aromatic heterocycles. The van der Waals surface area contributed by atoms with Crippen molar-refractivity contribution >= 4 is 11.7 Å². The fourth-order valence-corrected chi connectivity index (χ4v) is 2.27. The summed E-state index contributed by atoms with van der Waals surface area (Å²) in [6, 6.07) is 8.12. The van der Waals surface area contributed by atoms with Crippen LogP contribution in [0.3, 0.4) is 0 Å². The maximum atomic E-state index is 11.9. The van der Waals surface area contributed by atoms with Crippen LogP contribution in [0.1, 0.15) is 27.7 Å². The molecule has 0 aliphatic carbocycles. The highest BCUT2D eigenvalue weighted by molar-refractivity contribution is 5.95. The van der Waals surface area contributed by atoms with Crippen LogP contribution in [0.5, 0.6) is 0 Å². The molecule has 0 saturated heterocycles. The van der Waals surface area contributed by atoms with E-state index < -0.39 is 24.8 Å². The van der Waals surface area contributed by atoms with Crippen molar-refractivity contribution in [2.45, 2.75) is 12.2 Å². The van der Waals surface area contributed by atoms with E-state index in [1.807, 2.05) is 6.07 Å². The number of esters is 1. The molecule has 5 N–H and O–H groups in total. The van der Waals surface area contributed by atoms with E-state index in [-0.39, 0.29) is 16.9 Å². The third-order valence-corrected chi connectivity index (χ3v) is 3.61. The molecule has 1 aromatic carbocycles. The first-order chi connectivity index (χ1) is 11.4. The van der Waals surface area contributed by atoms with Gasteiger partial charge >= 0.3 is 5.97 Å². The Balaban J connectivity index is 2.46. The summed E-state index contributed by atoms with van der Waals surface area (Å²) < 4.78 is 6.11. The van der Waals surface area contributed by atoms with Gasteiger partial charge in [0.25, 0.3) is 0 Å². The Kier molecular flexibility index (Phi) is 5.21. The first kappa shape index (κ1) is 17.5. The first-order valence-electron chi connectivity index (χ1n) is 7.01. The number of methoxy groups -OCH3 is 1. The number of rotatable bonds is 5. The van der Waals surface area contributed by atoms with Gasteiger partial charge in [-0.2, -0.15) is 5.26 Å². The van der Waals surface area contributed by atoms with Gasteiger partial charge in [0.15, 0.2) is 5.69 Å². The molecule has 0 spiro atoms. The van der Waals surface area contributed by atoms with Gasteiger partial charge in [-0.15, -0.1) is 0 Å². The Bertz CT molecular complexity index is 776. The number of carbonyl (C=O) groups is 1. The van der Waals surface area contributed by atoms with E-state index in [0.717, 1.165) is 0 Å². The van der Waals surface area contributed by atoms with Crippen LogP contribution >= 0.6 is 0 Å². The maximum Gasteiger partial charge on any atom is 0.357 e. The van der Waals surface area contributed by atoms with Gasteiger partial charge in [-0.05, 0) is 17.7 Å². The molecule has 0 fully saturated rings. The molecule has 2 atom stereocenters. The van der Waals surface area contributed by atoms with E-state index in [1.165, 1.54) is 30.0 Å². The number of carbonyl (C=O) groups excluding carboxylic acids is 1. The molecule has 2 aromatic rings. The van der Waals surface area contributed by atoms with Gasteiger partial charge in [-0.25, -0.2) is 4.79 Å². The number of benzene rings is 1. The maximum absolute atomic E-state index is 11.9. The van der Waals surface area contributed by atoms with Crippen LogP contribution in [0.15, 0.2) is 30.5 Å². The van der Waals surface area contributed by atoms with Gasteiger partial charge in [0.1, 0.15) is 18.3 Å². The summed E-state index contributed by atoms with van der Waals surface area (Å²) in [5.41, 5.74) is 6.90. The number of aliphatic hydroxyl groups is 3. The Morgan fingerprint density at radius 3 is 2.50 bits per heavy atom. The van der Waals surface area contributed by atoms with Crippen molar-refractivity contribution in [2.75, 3.05) is 19.5 Å². The van der Waals surface area contributed by atoms with E-state index in [9.17, 15) is 15.0 Å². The summed E-state index contributed by atoms with van der Waals surface area (Å²) in [5.74, 6) is -0.686. The molecule has 24 heavy (non-hydrogen) atoms. The molecule has 0 aliphatic heterocycles. The normalized spacial score (nSPS) is 13.1. The fraction of sp³-hybridized carbons (Fsp3) is 0.250. The number of anilines is 1. The second-order valence-electron chi connectivity index (χ2n) is 5.06. The third kappa shape index (κ3) is 3.09. The fourth-order valence-electron chi connectivity index (χ4n) is 2.27. The molecular weight excluding hydrogens is 314 g/mol. The number of aliphatic hydroxyl groups excluding tert-OH is 3. The predicted octanol–water partition coefficient (Wildman–Crippen LogP) is 0.104. The summed E-state index contributed by atoms with van der Waals surface area (Å²) >= 11 is 0. The largest absolute Gasteiger partial charge is 0.464 e. The van der Waals surface area contributed by atoms with Crippen LogP contribution < -0.4 is 5.73 Å². The predicted molar refractivity (Wildman–Crippen MR) is 84.3 cm³/mol. The molecule has 8 nitrogen and oxygen atoms in total. The first-order valence-corrected chi connectivity index (χ1v) is 7.01. The van der Waals surface area contributed by atoms with Gasteiger partial charge in [0.05, 0.1) is 25.0 Å². The SMILES string of the molecule is COC(=O)c1c(N)c(C#N)cn1-c1ccc(C(O)C(O)CO)cc1. The lowest BCUT2D eigenvalue weighted by molar-refractivity contribution is -0.0152. The van der Waals surface area contributed by atoms with Crippen LogP contribution in [-0.2, 0) is 4.74 Å². The van der Waals surface area contributed by atoms with Gasteiger partial charge in [-0.3, -0.25) is 0 Å². The molecule has 8 heteroatoms. The molecular formula is C16H17N3O5. The second kappa shape index (κ2) is 7.14. The van der Waals surface area contributed by atoms with Gasteiger partial charge in [0.2, 0.25) is 0 Å². The summed E-state index contributed by atoms with van der Waals surface area (Å²) in [6.07, 6.45) is -1.13. The summed E-state index contributed by atoms with van der Waals surface area (Å²) in [4.78, 5) is 11.9. The quantitative estimate of drug-likeness (QED) is 0.569. The van der Waals surface area contributed by atoms with E-state index in [1.54, 1.807) is 12.1 Å². The minimum atomic E-state index is -1.30. The molecule has 1 heterocycles. The zero-order chi connectivity index (χ0) is 17.9. The zero-order valence-electron chi connectivity index (χ0n) is 12.9.